The van der Waals surface area contributed by atoms with Gasteiger partial charge in [-0.2, -0.15) is 0 Å². The van der Waals surface area contributed by atoms with Crippen LogP contribution < -0.4 is 24.8 Å². The molecule has 3 rings (SSSR count). The summed E-state index contributed by atoms with van der Waals surface area (Å²) in [5.74, 6) is 1.74. The minimum Gasteiger partial charge on any atom is -0.496 e. The van der Waals surface area contributed by atoms with Crippen LogP contribution >= 0.6 is 0 Å². The lowest BCUT2D eigenvalue weighted by atomic mass is 10.0. The van der Waals surface area contributed by atoms with E-state index < -0.39 is 0 Å². The smallest absolute Gasteiger partial charge is 0.253 e. The highest BCUT2D eigenvalue weighted by molar-refractivity contribution is 6.04. The van der Waals surface area contributed by atoms with Gasteiger partial charge in [0.1, 0.15) is 5.75 Å². The Kier molecular flexibility index (Phi) is 8.36. The molecule has 0 radical (unpaired) electrons. The molecule has 1 aliphatic rings. The third-order valence-corrected chi connectivity index (χ3v) is 5.93. The van der Waals surface area contributed by atoms with Crippen molar-refractivity contribution in [1.82, 2.24) is 5.32 Å². The molecule has 2 amide bonds. The van der Waals surface area contributed by atoms with Gasteiger partial charge >= 0.3 is 0 Å². The second kappa shape index (κ2) is 11.4. The lowest BCUT2D eigenvalue weighted by Gasteiger charge is -2.16. The quantitative estimate of drug-likeness (QED) is 0.566. The zero-order chi connectivity index (χ0) is 22.9. The van der Waals surface area contributed by atoms with Gasteiger partial charge in [0.25, 0.3) is 5.91 Å². The molecule has 2 aromatic carbocycles. The SMILES string of the molecule is COc1ccccc1CNC(=O)c1cc(OC)c(OC)cc1NC(=O)CCC1CCCC1. The zero-order valence-corrected chi connectivity index (χ0v) is 19.0. The van der Waals surface area contributed by atoms with E-state index in [9.17, 15) is 9.59 Å². The molecular formula is C25H32N2O5. The van der Waals surface area contributed by atoms with Gasteiger partial charge in [0.2, 0.25) is 5.91 Å². The minimum absolute atomic E-state index is 0.108. The van der Waals surface area contributed by atoms with Crippen LogP contribution in [-0.2, 0) is 11.3 Å². The molecule has 2 aromatic rings. The predicted molar refractivity (Wildman–Crippen MR) is 124 cm³/mol. The van der Waals surface area contributed by atoms with E-state index in [-0.39, 0.29) is 18.4 Å². The summed E-state index contributed by atoms with van der Waals surface area (Å²) in [6.07, 6.45) is 6.19. The van der Waals surface area contributed by atoms with Crippen molar-refractivity contribution in [3.63, 3.8) is 0 Å². The molecule has 2 N–H and O–H groups in total. The van der Waals surface area contributed by atoms with E-state index in [1.54, 1.807) is 19.2 Å². The second-order valence-corrected chi connectivity index (χ2v) is 7.98. The van der Waals surface area contributed by atoms with E-state index in [1.807, 2.05) is 24.3 Å². The van der Waals surface area contributed by atoms with Crippen LogP contribution in [0, 0.1) is 5.92 Å². The molecular weight excluding hydrogens is 408 g/mol. The maximum absolute atomic E-state index is 13.1. The van der Waals surface area contributed by atoms with Gasteiger partial charge in [-0.15, -0.1) is 0 Å². The van der Waals surface area contributed by atoms with Crippen molar-refractivity contribution in [3.8, 4) is 17.2 Å². The van der Waals surface area contributed by atoms with E-state index >= 15 is 0 Å². The lowest BCUT2D eigenvalue weighted by Crippen LogP contribution is -2.25. The summed E-state index contributed by atoms with van der Waals surface area (Å²) in [6.45, 7) is 0.284. The number of carbonyl (C=O) groups is 2. The van der Waals surface area contributed by atoms with Crippen LogP contribution in [-0.4, -0.2) is 33.1 Å². The Morgan fingerprint density at radius 2 is 1.59 bits per heavy atom. The molecule has 7 nitrogen and oxygen atoms in total. The van der Waals surface area contributed by atoms with Crippen LogP contribution in [0.5, 0.6) is 17.2 Å². The molecule has 0 bridgehead atoms. The zero-order valence-electron chi connectivity index (χ0n) is 19.0. The highest BCUT2D eigenvalue weighted by Crippen LogP contribution is 2.34. The fourth-order valence-electron chi connectivity index (χ4n) is 4.14. The average molecular weight is 441 g/mol. The first-order valence-electron chi connectivity index (χ1n) is 11.0. The Hall–Kier alpha value is -3.22. The summed E-state index contributed by atoms with van der Waals surface area (Å²) in [6, 6.07) is 10.7. The minimum atomic E-state index is -0.331. The second-order valence-electron chi connectivity index (χ2n) is 7.98. The lowest BCUT2D eigenvalue weighted by molar-refractivity contribution is -0.116. The normalized spacial score (nSPS) is 13.5. The van der Waals surface area contributed by atoms with Crippen molar-refractivity contribution in [2.24, 2.45) is 5.92 Å². The molecule has 32 heavy (non-hydrogen) atoms. The molecule has 0 aromatic heterocycles. The van der Waals surface area contributed by atoms with Gasteiger partial charge in [-0.3, -0.25) is 9.59 Å². The van der Waals surface area contributed by atoms with Crippen LogP contribution in [0.15, 0.2) is 36.4 Å². The van der Waals surface area contributed by atoms with Crippen LogP contribution in [0.4, 0.5) is 5.69 Å². The number of hydrogen-bond donors (Lipinski definition) is 2. The van der Waals surface area contributed by atoms with Crippen LogP contribution in [0.2, 0.25) is 0 Å². The van der Waals surface area contributed by atoms with E-state index in [2.05, 4.69) is 10.6 Å². The summed E-state index contributed by atoms with van der Waals surface area (Å²) in [4.78, 5) is 25.7. The van der Waals surface area contributed by atoms with Crippen molar-refractivity contribution in [1.29, 1.82) is 0 Å². The topological polar surface area (TPSA) is 85.9 Å². The molecule has 0 saturated heterocycles. The maximum atomic E-state index is 13.1. The van der Waals surface area contributed by atoms with Gasteiger partial charge in [-0.25, -0.2) is 0 Å². The standard InChI is InChI=1S/C25H32N2O5/c1-30-21-11-7-6-10-18(21)16-26-25(29)19-14-22(31-2)23(32-3)15-20(19)27-24(28)13-12-17-8-4-5-9-17/h6-7,10-11,14-15,17H,4-5,8-9,12-13,16H2,1-3H3,(H,26,29)(H,27,28). The number of amides is 2. The molecule has 0 atom stereocenters. The Balaban J connectivity index is 1.76. The summed E-state index contributed by atoms with van der Waals surface area (Å²) >= 11 is 0. The number of ether oxygens (including phenoxy) is 3. The Bertz CT molecular complexity index is 938. The number of anilines is 1. The van der Waals surface area contributed by atoms with E-state index in [1.165, 1.54) is 39.9 Å². The average Bonchev–Trinajstić information content (AvgIpc) is 3.34. The van der Waals surface area contributed by atoms with Crippen molar-refractivity contribution in [2.75, 3.05) is 26.6 Å². The summed E-state index contributed by atoms with van der Waals surface area (Å²) in [5, 5.41) is 5.80. The van der Waals surface area contributed by atoms with Crippen LogP contribution in [0.1, 0.15) is 54.4 Å². The van der Waals surface area contributed by atoms with Crippen molar-refractivity contribution >= 4 is 17.5 Å². The molecule has 7 heteroatoms. The van der Waals surface area contributed by atoms with Crippen molar-refractivity contribution < 1.29 is 23.8 Å². The molecule has 172 valence electrons. The summed E-state index contributed by atoms with van der Waals surface area (Å²) in [7, 11) is 4.62. The van der Waals surface area contributed by atoms with Gasteiger partial charge in [0.05, 0.1) is 32.6 Å². The number of hydrogen-bond acceptors (Lipinski definition) is 5. The number of para-hydroxylation sites is 1. The highest BCUT2D eigenvalue weighted by atomic mass is 16.5. The van der Waals surface area contributed by atoms with Gasteiger partial charge in [0.15, 0.2) is 11.5 Å². The number of benzene rings is 2. The highest BCUT2D eigenvalue weighted by Gasteiger charge is 2.20. The van der Waals surface area contributed by atoms with E-state index in [4.69, 9.17) is 14.2 Å². The van der Waals surface area contributed by atoms with Crippen molar-refractivity contribution in [3.05, 3.63) is 47.5 Å². The van der Waals surface area contributed by atoms with Gasteiger partial charge in [-0.05, 0) is 24.5 Å². The van der Waals surface area contributed by atoms with E-state index in [0.717, 1.165) is 12.0 Å². The number of rotatable bonds is 10. The number of nitrogens with one attached hydrogen (secondary N) is 2. The summed E-state index contributed by atoms with van der Waals surface area (Å²) in [5.41, 5.74) is 1.56. The Labute approximate surface area is 189 Å². The Morgan fingerprint density at radius 3 is 2.28 bits per heavy atom. The predicted octanol–water partition coefficient (Wildman–Crippen LogP) is 4.55. The molecule has 1 aliphatic carbocycles. The van der Waals surface area contributed by atoms with Gasteiger partial charge in [-0.1, -0.05) is 43.9 Å². The number of methoxy groups -OCH3 is 3. The number of carbonyl (C=O) groups excluding carboxylic acids is 2. The maximum Gasteiger partial charge on any atom is 0.253 e. The van der Waals surface area contributed by atoms with Gasteiger partial charge in [0, 0.05) is 24.6 Å². The van der Waals surface area contributed by atoms with Crippen LogP contribution in [0.25, 0.3) is 0 Å². The third-order valence-electron chi connectivity index (χ3n) is 5.93. The first-order chi connectivity index (χ1) is 15.5. The molecule has 1 saturated carbocycles. The molecule has 0 spiro atoms. The summed E-state index contributed by atoms with van der Waals surface area (Å²) < 4.78 is 16.1. The fourth-order valence-corrected chi connectivity index (χ4v) is 4.14. The molecule has 0 unspecified atom stereocenters. The van der Waals surface area contributed by atoms with Crippen LogP contribution in [0.3, 0.4) is 0 Å². The largest absolute Gasteiger partial charge is 0.496 e. The first-order valence-corrected chi connectivity index (χ1v) is 11.0. The monoisotopic (exact) mass is 440 g/mol. The van der Waals surface area contributed by atoms with E-state index in [0.29, 0.717) is 40.8 Å². The molecule has 0 heterocycles. The molecule has 0 aliphatic heterocycles. The first kappa shape index (κ1) is 23.4. The van der Waals surface area contributed by atoms with Gasteiger partial charge < -0.3 is 24.8 Å². The molecule has 1 fully saturated rings. The van der Waals surface area contributed by atoms with Crippen molar-refractivity contribution in [2.45, 2.75) is 45.1 Å². The Morgan fingerprint density at radius 1 is 0.938 bits per heavy atom. The third kappa shape index (κ3) is 5.93. The fraction of sp³-hybridized carbons (Fsp3) is 0.440.